The number of hydrogen-bond acceptors (Lipinski definition) is 4. The van der Waals surface area contributed by atoms with E-state index < -0.39 is 0 Å². The summed E-state index contributed by atoms with van der Waals surface area (Å²) in [7, 11) is 0. The summed E-state index contributed by atoms with van der Waals surface area (Å²) in [6.45, 7) is 0. The van der Waals surface area contributed by atoms with E-state index in [1.807, 2.05) is 0 Å². The number of aromatic nitrogens is 3. The number of phenols is 1. The first-order valence-corrected chi connectivity index (χ1v) is 6.96. The molecule has 4 aromatic rings. The topological polar surface area (TPSA) is 98.8 Å². The van der Waals surface area contributed by atoms with Crippen molar-refractivity contribution >= 4 is 27.7 Å². The number of rotatable bonds is 2. The van der Waals surface area contributed by atoms with E-state index in [1.54, 1.807) is 36.4 Å². The molecule has 0 spiro atoms. The van der Waals surface area contributed by atoms with Crippen LogP contribution in [0.25, 0.3) is 21.9 Å². The van der Waals surface area contributed by atoms with Gasteiger partial charge in [0, 0.05) is 17.1 Å². The molecule has 2 aromatic carbocycles. The van der Waals surface area contributed by atoms with Crippen LogP contribution in [0.3, 0.4) is 0 Å². The first-order valence-electron chi connectivity index (χ1n) is 6.96. The second-order valence-corrected chi connectivity index (χ2v) is 5.24. The molecule has 4 rings (SSSR count). The van der Waals surface area contributed by atoms with Gasteiger partial charge < -0.3 is 15.1 Å². The highest BCUT2D eigenvalue weighted by Gasteiger charge is 2.14. The van der Waals surface area contributed by atoms with Gasteiger partial charge in [-0.25, -0.2) is 4.79 Å². The molecule has 23 heavy (non-hydrogen) atoms. The van der Waals surface area contributed by atoms with Crippen LogP contribution in [-0.2, 0) is 0 Å². The van der Waals surface area contributed by atoms with Crippen LogP contribution in [0.4, 0.5) is 0 Å². The molecule has 0 aliphatic carbocycles. The Morgan fingerprint density at radius 1 is 1.04 bits per heavy atom. The highest BCUT2D eigenvalue weighted by molar-refractivity contribution is 6.12. The van der Waals surface area contributed by atoms with Crippen LogP contribution in [0.1, 0.15) is 15.9 Å². The predicted molar refractivity (Wildman–Crippen MR) is 85.8 cm³/mol. The summed E-state index contributed by atoms with van der Waals surface area (Å²) in [5.74, 6) is -0.372. The zero-order chi connectivity index (χ0) is 16.0. The lowest BCUT2D eigenvalue weighted by Crippen LogP contribution is -2.02. The molecule has 0 saturated carbocycles. The third kappa shape index (κ3) is 2.17. The molecule has 6 nitrogen and oxygen atoms in total. The van der Waals surface area contributed by atoms with E-state index in [0.29, 0.717) is 22.1 Å². The number of benzene rings is 2. The van der Waals surface area contributed by atoms with Gasteiger partial charge in [0.2, 0.25) is 0 Å². The Labute approximate surface area is 129 Å². The van der Waals surface area contributed by atoms with E-state index in [4.69, 9.17) is 0 Å². The van der Waals surface area contributed by atoms with Crippen LogP contribution in [0.15, 0.2) is 53.5 Å². The van der Waals surface area contributed by atoms with Crippen molar-refractivity contribution in [2.45, 2.75) is 0 Å². The number of H-pyrrole nitrogens is 2. The number of carbonyl (C=O) groups excluding carboxylic acids is 1. The Kier molecular flexibility index (Phi) is 2.77. The van der Waals surface area contributed by atoms with Gasteiger partial charge in [0.1, 0.15) is 5.75 Å². The third-order valence-electron chi connectivity index (χ3n) is 3.73. The van der Waals surface area contributed by atoms with E-state index in [2.05, 4.69) is 15.0 Å². The van der Waals surface area contributed by atoms with E-state index >= 15 is 0 Å². The Balaban J connectivity index is 1.88. The summed E-state index contributed by atoms with van der Waals surface area (Å²) in [6.07, 6.45) is 1.47. The maximum atomic E-state index is 12.5. The Morgan fingerprint density at radius 3 is 2.57 bits per heavy atom. The molecular weight excluding hydrogens is 294 g/mol. The van der Waals surface area contributed by atoms with Crippen LogP contribution in [0.5, 0.6) is 5.75 Å². The molecular formula is C17H11N3O3. The smallest absolute Gasteiger partial charge is 0.323 e. The number of imidazole rings is 1. The number of fused-ring (bicyclic) bond motifs is 2. The number of aromatic hydroxyl groups is 1. The number of nitrogens with zero attached hydrogens (tertiary/aromatic N) is 1. The average Bonchev–Trinajstić information content (AvgIpc) is 2.90. The lowest BCUT2D eigenvalue weighted by Gasteiger charge is -2.05. The molecule has 0 bridgehead atoms. The van der Waals surface area contributed by atoms with Gasteiger partial charge >= 0.3 is 5.69 Å². The van der Waals surface area contributed by atoms with Crippen molar-refractivity contribution in [3.05, 3.63) is 70.3 Å². The molecule has 0 unspecified atom stereocenters. The summed E-state index contributed by atoms with van der Waals surface area (Å²) in [6, 6.07) is 11.6. The minimum absolute atomic E-state index is 0.0667. The molecule has 0 atom stereocenters. The first kappa shape index (κ1) is 13.3. The first-order chi connectivity index (χ1) is 11.1. The number of ketones is 1. The highest BCUT2D eigenvalue weighted by Crippen LogP contribution is 2.23. The summed E-state index contributed by atoms with van der Waals surface area (Å²) in [5, 5.41) is 10.5. The van der Waals surface area contributed by atoms with Crippen molar-refractivity contribution in [2.75, 3.05) is 0 Å². The lowest BCUT2D eigenvalue weighted by molar-refractivity contribution is 0.103. The molecule has 3 N–H and O–H groups in total. The standard InChI is InChI=1S/C17H11N3O3/c21-15-4-2-1-3-11(15)16(22)10-5-9-6-13-14(20-17(23)19-13)7-12(9)18-8-10/h1-8,21H,(H2,19,20,23). The van der Waals surface area contributed by atoms with Crippen molar-refractivity contribution in [2.24, 2.45) is 0 Å². The molecule has 0 fully saturated rings. The van der Waals surface area contributed by atoms with E-state index in [9.17, 15) is 14.7 Å². The quantitative estimate of drug-likeness (QED) is 0.495. The van der Waals surface area contributed by atoms with Crippen molar-refractivity contribution in [3.8, 4) is 5.75 Å². The average molecular weight is 305 g/mol. The summed E-state index contributed by atoms with van der Waals surface area (Å²) in [4.78, 5) is 33.5. The molecule has 0 amide bonds. The predicted octanol–water partition coefficient (Wildman–Crippen LogP) is 2.34. The van der Waals surface area contributed by atoms with Crippen molar-refractivity contribution < 1.29 is 9.90 Å². The Hall–Kier alpha value is -3.41. The summed E-state index contributed by atoms with van der Waals surface area (Å²) in [5.41, 5.74) is 2.29. The maximum absolute atomic E-state index is 12.5. The largest absolute Gasteiger partial charge is 0.507 e. The number of hydrogen-bond donors (Lipinski definition) is 3. The van der Waals surface area contributed by atoms with Gasteiger partial charge in [0.05, 0.1) is 22.1 Å². The van der Waals surface area contributed by atoms with Crippen LogP contribution < -0.4 is 5.69 Å². The van der Waals surface area contributed by atoms with Crippen molar-refractivity contribution in [1.82, 2.24) is 15.0 Å². The van der Waals surface area contributed by atoms with E-state index in [0.717, 1.165) is 5.39 Å². The fourth-order valence-corrected chi connectivity index (χ4v) is 2.60. The molecule has 112 valence electrons. The minimum atomic E-state index is -0.305. The van der Waals surface area contributed by atoms with E-state index in [-0.39, 0.29) is 22.8 Å². The number of phenolic OH excluding ortho intramolecular Hbond substituents is 1. The van der Waals surface area contributed by atoms with Gasteiger partial charge in [0.15, 0.2) is 5.78 Å². The zero-order valence-corrected chi connectivity index (χ0v) is 11.8. The SMILES string of the molecule is O=C(c1cnc2cc3[nH]c(=O)[nH]c3cc2c1)c1ccccc1O. The van der Waals surface area contributed by atoms with Gasteiger partial charge in [-0.15, -0.1) is 0 Å². The molecule has 0 aliphatic rings. The third-order valence-corrected chi connectivity index (χ3v) is 3.73. The van der Waals surface area contributed by atoms with Crippen LogP contribution >= 0.6 is 0 Å². The Bertz CT molecular complexity index is 1120. The number of carbonyl (C=O) groups is 1. The Morgan fingerprint density at radius 2 is 1.78 bits per heavy atom. The minimum Gasteiger partial charge on any atom is -0.507 e. The van der Waals surface area contributed by atoms with E-state index in [1.165, 1.54) is 12.3 Å². The number of nitrogens with one attached hydrogen (secondary N) is 2. The number of aromatic amines is 2. The fourth-order valence-electron chi connectivity index (χ4n) is 2.60. The van der Waals surface area contributed by atoms with Crippen LogP contribution in [-0.4, -0.2) is 25.8 Å². The van der Waals surface area contributed by atoms with Crippen LogP contribution in [0.2, 0.25) is 0 Å². The molecule has 0 aliphatic heterocycles. The van der Waals surface area contributed by atoms with Gasteiger partial charge in [-0.05, 0) is 30.3 Å². The second-order valence-electron chi connectivity index (χ2n) is 5.24. The monoisotopic (exact) mass is 305 g/mol. The van der Waals surface area contributed by atoms with Crippen molar-refractivity contribution in [3.63, 3.8) is 0 Å². The molecule has 6 heteroatoms. The fraction of sp³-hybridized carbons (Fsp3) is 0. The molecule has 0 radical (unpaired) electrons. The van der Waals surface area contributed by atoms with Gasteiger partial charge in [-0.2, -0.15) is 0 Å². The highest BCUT2D eigenvalue weighted by atomic mass is 16.3. The van der Waals surface area contributed by atoms with Gasteiger partial charge in [-0.1, -0.05) is 12.1 Å². The molecule has 2 aromatic heterocycles. The molecule has 0 saturated heterocycles. The van der Waals surface area contributed by atoms with Crippen molar-refractivity contribution in [1.29, 1.82) is 0 Å². The zero-order valence-electron chi connectivity index (χ0n) is 11.8. The van der Waals surface area contributed by atoms with Crippen LogP contribution in [0, 0.1) is 0 Å². The van der Waals surface area contributed by atoms with Gasteiger partial charge in [0.25, 0.3) is 0 Å². The summed E-state index contributed by atoms with van der Waals surface area (Å²) >= 11 is 0. The second kappa shape index (κ2) is 4.81. The lowest BCUT2D eigenvalue weighted by atomic mass is 10.0. The van der Waals surface area contributed by atoms with Gasteiger partial charge in [-0.3, -0.25) is 9.78 Å². The molecule has 2 heterocycles. The number of para-hydroxylation sites is 1. The summed E-state index contributed by atoms with van der Waals surface area (Å²) < 4.78 is 0. The normalized spacial score (nSPS) is 11.1. The number of pyridine rings is 1. The maximum Gasteiger partial charge on any atom is 0.323 e.